The lowest BCUT2D eigenvalue weighted by molar-refractivity contribution is -0.111. The van der Waals surface area contributed by atoms with E-state index in [1.807, 2.05) is 5.38 Å². The summed E-state index contributed by atoms with van der Waals surface area (Å²) >= 11 is 1.46. The number of anilines is 1. The SMILES string of the molecule is CC1CCN(S(=O)(=O)c2ccc(NC(=O)/C=C/c3cscn3)cc2)CC1. The summed E-state index contributed by atoms with van der Waals surface area (Å²) in [4.78, 5) is 16.2. The maximum atomic E-state index is 12.7. The number of nitrogens with one attached hydrogen (secondary N) is 1. The minimum Gasteiger partial charge on any atom is -0.323 e. The van der Waals surface area contributed by atoms with E-state index >= 15 is 0 Å². The fourth-order valence-electron chi connectivity index (χ4n) is 2.73. The van der Waals surface area contributed by atoms with Gasteiger partial charge in [0.1, 0.15) is 0 Å². The molecular weight excluding hydrogens is 370 g/mol. The van der Waals surface area contributed by atoms with Crippen molar-refractivity contribution in [2.45, 2.75) is 24.7 Å². The maximum Gasteiger partial charge on any atom is 0.248 e. The Morgan fingerprint density at radius 1 is 1.27 bits per heavy atom. The summed E-state index contributed by atoms with van der Waals surface area (Å²) in [6.45, 7) is 3.26. The molecule has 1 fully saturated rings. The van der Waals surface area contributed by atoms with Gasteiger partial charge in [0.05, 0.1) is 16.1 Å². The molecule has 6 nitrogen and oxygen atoms in total. The van der Waals surface area contributed by atoms with Crippen LogP contribution in [0.1, 0.15) is 25.5 Å². The summed E-state index contributed by atoms with van der Waals surface area (Å²) in [5.74, 6) is 0.273. The van der Waals surface area contributed by atoms with E-state index in [0.717, 1.165) is 18.5 Å². The third kappa shape index (κ3) is 4.57. The second-order valence-electron chi connectivity index (χ2n) is 6.35. The monoisotopic (exact) mass is 391 g/mol. The third-order valence-electron chi connectivity index (χ3n) is 4.36. The number of hydrogen-bond donors (Lipinski definition) is 1. The van der Waals surface area contributed by atoms with E-state index < -0.39 is 10.0 Å². The van der Waals surface area contributed by atoms with E-state index in [1.54, 1.807) is 23.7 Å². The molecule has 1 N–H and O–H groups in total. The van der Waals surface area contributed by atoms with Crippen LogP contribution in [0.4, 0.5) is 5.69 Å². The number of hydrogen-bond acceptors (Lipinski definition) is 5. The number of nitrogens with zero attached hydrogens (tertiary/aromatic N) is 2. The van der Waals surface area contributed by atoms with Crippen molar-refractivity contribution in [3.05, 3.63) is 46.9 Å². The molecule has 0 aliphatic carbocycles. The van der Waals surface area contributed by atoms with Crippen LogP contribution >= 0.6 is 11.3 Å². The number of benzene rings is 1. The lowest BCUT2D eigenvalue weighted by Gasteiger charge is -2.29. The first-order chi connectivity index (χ1) is 12.4. The van der Waals surface area contributed by atoms with Crippen molar-refractivity contribution in [2.75, 3.05) is 18.4 Å². The molecule has 1 aliphatic rings. The zero-order chi connectivity index (χ0) is 18.6. The van der Waals surface area contributed by atoms with E-state index in [1.165, 1.54) is 33.9 Å². The summed E-state index contributed by atoms with van der Waals surface area (Å²) in [5, 5.41) is 4.55. The van der Waals surface area contributed by atoms with Crippen molar-refractivity contribution in [1.29, 1.82) is 0 Å². The summed E-state index contributed by atoms with van der Waals surface area (Å²) < 4.78 is 26.9. The molecule has 2 heterocycles. The summed E-state index contributed by atoms with van der Waals surface area (Å²) in [6.07, 6.45) is 4.80. The molecule has 1 aromatic heterocycles. The van der Waals surface area contributed by atoms with E-state index in [4.69, 9.17) is 0 Å². The molecule has 1 amide bonds. The van der Waals surface area contributed by atoms with Crippen LogP contribution in [0, 0.1) is 5.92 Å². The van der Waals surface area contributed by atoms with Crippen LogP contribution in [0.3, 0.4) is 0 Å². The lowest BCUT2D eigenvalue weighted by Crippen LogP contribution is -2.37. The van der Waals surface area contributed by atoms with Gasteiger partial charge in [0.25, 0.3) is 0 Å². The maximum absolute atomic E-state index is 12.7. The standard InChI is InChI=1S/C18H21N3O3S2/c1-14-8-10-21(11-9-14)26(23,24)17-5-2-15(3-6-17)20-18(22)7-4-16-12-25-13-19-16/h2-7,12-14H,8-11H2,1H3,(H,20,22)/b7-4+. The Morgan fingerprint density at radius 2 is 1.96 bits per heavy atom. The third-order valence-corrected chi connectivity index (χ3v) is 6.88. The number of rotatable bonds is 5. The van der Waals surface area contributed by atoms with E-state index in [2.05, 4.69) is 17.2 Å². The normalized spacial score (nSPS) is 16.8. The van der Waals surface area contributed by atoms with Gasteiger partial charge in [-0.05, 0) is 49.1 Å². The molecule has 2 aromatic rings. The Bertz CT molecular complexity index is 867. The van der Waals surface area contributed by atoms with Crippen LogP contribution in [0.25, 0.3) is 6.08 Å². The zero-order valence-electron chi connectivity index (χ0n) is 14.5. The van der Waals surface area contributed by atoms with Gasteiger partial charge in [-0.15, -0.1) is 11.3 Å². The summed E-state index contributed by atoms with van der Waals surface area (Å²) in [7, 11) is -3.47. The van der Waals surface area contributed by atoms with Gasteiger partial charge in [-0.1, -0.05) is 6.92 Å². The van der Waals surface area contributed by atoms with Crippen molar-refractivity contribution in [1.82, 2.24) is 9.29 Å². The lowest BCUT2D eigenvalue weighted by atomic mass is 10.0. The molecule has 138 valence electrons. The number of carbonyl (C=O) groups is 1. The highest BCUT2D eigenvalue weighted by Gasteiger charge is 2.27. The van der Waals surface area contributed by atoms with Crippen LogP contribution in [0.2, 0.25) is 0 Å². The molecule has 0 saturated carbocycles. The summed E-state index contributed by atoms with van der Waals surface area (Å²) in [6, 6.07) is 6.28. The van der Waals surface area contributed by atoms with Gasteiger partial charge in [-0.3, -0.25) is 4.79 Å². The number of piperidine rings is 1. The van der Waals surface area contributed by atoms with Crippen LogP contribution < -0.4 is 5.32 Å². The Hall–Kier alpha value is -2.03. The predicted octanol–water partition coefficient (Wildman–Crippen LogP) is 3.22. The number of thiazole rings is 1. The molecule has 1 saturated heterocycles. The van der Waals surface area contributed by atoms with Crippen molar-refractivity contribution in [3.8, 4) is 0 Å². The molecule has 26 heavy (non-hydrogen) atoms. The van der Waals surface area contributed by atoms with Gasteiger partial charge >= 0.3 is 0 Å². The van der Waals surface area contributed by atoms with Gasteiger partial charge in [0.15, 0.2) is 0 Å². The highest BCUT2D eigenvalue weighted by atomic mass is 32.2. The van der Waals surface area contributed by atoms with Crippen LogP contribution in [-0.4, -0.2) is 36.7 Å². The van der Waals surface area contributed by atoms with Crippen molar-refractivity contribution < 1.29 is 13.2 Å². The first kappa shape index (κ1) is 18.8. The second kappa shape index (κ2) is 8.11. The highest BCUT2D eigenvalue weighted by molar-refractivity contribution is 7.89. The molecule has 0 bridgehead atoms. The quantitative estimate of drug-likeness (QED) is 0.794. The number of aromatic nitrogens is 1. The average molecular weight is 392 g/mol. The largest absolute Gasteiger partial charge is 0.323 e. The molecule has 3 rings (SSSR count). The fraction of sp³-hybridized carbons (Fsp3) is 0.333. The Kier molecular flexibility index (Phi) is 5.85. The minimum atomic E-state index is -3.47. The minimum absolute atomic E-state index is 0.253. The smallest absolute Gasteiger partial charge is 0.248 e. The van der Waals surface area contributed by atoms with E-state index in [9.17, 15) is 13.2 Å². The van der Waals surface area contributed by atoms with Gasteiger partial charge in [-0.2, -0.15) is 4.31 Å². The number of sulfonamides is 1. The van der Waals surface area contributed by atoms with E-state index in [0.29, 0.717) is 24.7 Å². The van der Waals surface area contributed by atoms with Gasteiger partial charge in [0, 0.05) is 30.2 Å². The van der Waals surface area contributed by atoms with Gasteiger partial charge in [-0.25, -0.2) is 13.4 Å². The fourth-order valence-corrected chi connectivity index (χ4v) is 4.73. The first-order valence-electron chi connectivity index (χ1n) is 8.42. The number of carbonyl (C=O) groups excluding carboxylic acids is 1. The molecule has 1 aromatic carbocycles. The average Bonchev–Trinajstić information content (AvgIpc) is 3.14. The molecule has 8 heteroatoms. The van der Waals surface area contributed by atoms with E-state index in [-0.39, 0.29) is 10.8 Å². The molecule has 0 unspecified atom stereocenters. The molecule has 1 aliphatic heterocycles. The molecule has 0 atom stereocenters. The highest BCUT2D eigenvalue weighted by Crippen LogP contribution is 2.24. The Balaban J connectivity index is 1.63. The van der Waals surface area contributed by atoms with Gasteiger partial charge in [0.2, 0.25) is 15.9 Å². The second-order valence-corrected chi connectivity index (χ2v) is 9.00. The topological polar surface area (TPSA) is 79.4 Å². The van der Waals surface area contributed by atoms with Crippen LogP contribution in [0.5, 0.6) is 0 Å². The predicted molar refractivity (Wildman–Crippen MR) is 103 cm³/mol. The van der Waals surface area contributed by atoms with Gasteiger partial charge < -0.3 is 5.32 Å². The molecule has 0 radical (unpaired) electrons. The van der Waals surface area contributed by atoms with Crippen LogP contribution in [-0.2, 0) is 14.8 Å². The first-order valence-corrected chi connectivity index (χ1v) is 10.8. The van der Waals surface area contributed by atoms with Crippen molar-refractivity contribution in [3.63, 3.8) is 0 Å². The molecule has 0 spiro atoms. The summed E-state index contributed by atoms with van der Waals surface area (Å²) in [5.41, 5.74) is 2.96. The number of amides is 1. The molecular formula is C18H21N3O3S2. The Morgan fingerprint density at radius 3 is 2.58 bits per heavy atom. The van der Waals surface area contributed by atoms with Crippen LogP contribution in [0.15, 0.2) is 46.1 Å². The van der Waals surface area contributed by atoms with Crippen molar-refractivity contribution in [2.24, 2.45) is 5.92 Å². The zero-order valence-corrected chi connectivity index (χ0v) is 16.1. The Labute approximate surface area is 157 Å². The van der Waals surface area contributed by atoms with Crippen molar-refractivity contribution >= 4 is 39.0 Å².